The van der Waals surface area contributed by atoms with Gasteiger partial charge >= 0.3 is 5.97 Å². The van der Waals surface area contributed by atoms with Crippen LogP contribution in [0.3, 0.4) is 0 Å². The Morgan fingerprint density at radius 2 is 0.905 bits per heavy atom. The lowest BCUT2D eigenvalue weighted by Crippen LogP contribution is -2.57. The Kier molecular flexibility index (Phi) is 20.0. The van der Waals surface area contributed by atoms with Crippen molar-refractivity contribution in [3.8, 4) is 0 Å². The molecule has 380 valence electrons. The van der Waals surface area contributed by atoms with E-state index in [0.717, 1.165) is 38.9 Å². The first-order valence-electron chi connectivity index (χ1n) is 24.8. The van der Waals surface area contributed by atoms with Gasteiger partial charge in [0, 0.05) is 5.75 Å². The lowest BCUT2D eigenvalue weighted by molar-refractivity contribution is -0.140. The lowest BCUT2D eigenvalue weighted by atomic mass is 9.84. The van der Waals surface area contributed by atoms with E-state index in [1.807, 2.05) is 182 Å². The molecule has 0 aliphatic carbocycles. The van der Waals surface area contributed by atoms with E-state index in [-0.39, 0.29) is 18.6 Å². The van der Waals surface area contributed by atoms with Crippen molar-refractivity contribution >= 4 is 47.2 Å². The molecule has 7 aromatic rings. The zero-order valence-electron chi connectivity index (χ0n) is 41.3. The van der Waals surface area contributed by atoms with E-state index in [9.17, 15) is 34.5 Å². The fourth-order valence-electron chi connectivity index (χ4n) is 9.14. The zero-order chi connectivity index (χ0) is 52.2. The Hall–Kier alpha value is -7.22. The van der Waals surface area contributed by atoms with Crippen molar-refractivity contribution in [1.82, 2.24) is 16.0 Å². The molecule has 3 unspecified atom stereocenters. The minimum absolute atomic E-state index is 0.00889. The van der Waals surface area contributed by atoms with Crippen LogP contribution in [0.25, 0.3) is 0 Å². The van der Waals surface area contributed by atoms with E-state index in [4.69, 9.17) is 0 Å². The molecule has 10 nitrogen and oxygen atoms in total. The maximum absolute atomic E-state index is 14.7. The van der Waals surface area contributed by atoms with Gasteiger partial charge in [-0.25, -0.2) is 0 Å². The summed E-state index contributed by atoms with van der Waals surface area (Å²) in [5.41, 5.74) is 6.99. The fourth-order valence-corrected chi connectivity index (χ4v) is 12.2. The highest BCUT2D eigenvalue weighted by atomic mass is 32.2. The maximum atomic E-state index is 14.7. The van der Waals surface area contributed by atoms with Crippen molar-refractivity contribution in [3.63, 3.8) is 0 Å². The first-order valence-corrected chi connectivity index (χ1v) is 26.8. The summed E-state index contributed by atoms with van der Waals surface area (Å²) in [4.78, 5) is 54.1. The van der Waals surface area contributed by atoms with Crippen LogP contribution in [0.1, 0.15) is 65.1 Å². The van der Waals surface area contributed by atoms with Crippen LogP contribution < -0.4 is 16.0 Å². The molecule has 0 heterocycles. The number of rotatable bonds is 26. The van der Waals surface area contributed by atoms with Gasteiger partial charge in [-0.2, -0.15) is 0 Å². The molecule has 0 fully saturated rings. The number of aliphatic carboxylic acids is 1. The summed E-state index contributed by atoms with van der Waals surface area (Å²) in [5.74, 6) is -2.40. The molecular weight excluding hydrogens is 963 g/mol. The first kappa shape index (κ1) is 54.6. The molecule has 5 atom stereocenters. The second-order valence-corrected chi connectivity index (χ2v) is 20.6. The van der Waals surface area contributed by atoms with E-state index in [1.54, 1.807) is 17.8 Å². The van der Waals surface area contributed by atoms with Gasteiger partial charge in [0.1, 0.15) is 12.1 Å². The molecule has 7 rings (SSSR count). The van der Waals surface area contributed by atoms with Crippen LogP contribution in [-0.2, 0) is 35.1 Å². The molecular formula is C62H63N3O7S2. The summed E-state index contributed by atoms with van der Waals surface area (Å²) in [6.07, 6.45) is 0.678. The Morgan fingerprint density at radius 1 is 0.514 bits per heavy atom. The highest BCUT2D eigenvalue weighted by Crippen LogP contribution is 2.50. The molecule has 7 aromatic carbocycles. The van der Waals surface area contributed by atoms with Gasteiger partial charge in [0.25, 0.3) is 0 Å². The van der Waals surface area contributed by atoms with E-state index < -0.39 is 69.9 Å². The number of aliphatic hydroxyl groups is 2. The van der Waals surface area contributed by atoms with Gasteiger partial charge in [-0.1, -0.05) is 224 Å². The van der Waals surface area contributed by atoms with Crippen molar-refractivity contribution in [2.45, 2.75) is 72.4 Å². The average molecular weight is 1030 g/mol. The van der Waals surface area contributed by atoms with E-state index in [1.165, 1.54) is 18.7 Å². The van der Waals surface area contributed by atoms with E-state index in [0.29, 0.717) is 12.2 Å². The number of benzene rings is 7. The van der Waals surface area contributed by atoms with Crippen molar-refractivity contribution in [2.75, 3.05) is 11.5 Å². The smallest absolute Gasteiger partial charge is 0.306 e. The molecule has 0 bridgehead atoms. The summed E-state index contributed by atoms with van der Waals surface area (Å²) in [6, 6.07) is 66.5. The molecule has 0 aliphatic heterocycles. The molecule has 6 N–H and O–H groups in total. The topological polar surface area (TPSA) is 165 Å². The van der Waals surface area contributed by atoms with Gasteiger partial charge in [-0.15, -0.1) is 23.5 Å². The summed E-state index contributed by atoms with van der Waals surface area (Å²) in [5, 5.41) is 40.4. The lowest BCUT2D eigenvalue weighted by Gasteiger charge is -2.37. The maximum Gasteiger partial charge on any atom is 0.306 e. The standard InChI is InChI=1S/C62H63N3O7S2/c1-45(63-57(68)42-53(66)39-23-24-40-73-61(47-27-11-3-12-28-47,48-29-13-4-14-30-48)49-31-15-5-16-32-49)59(71)65-55(60(72)64-54(56(67)43-58(69)70)41-46-25-9-2-10-26-46)44-74-62(50-33-17-6-18-34-50,51-35-19-7-20-36-51)52-37-21-8-22-38-52/h2-23,25-39,45,53-56,66-67H,24,40-44H2,1H3,(H,63,68)(H,64,72)(H,65,71)(H,69,70)/t45?,53?,54-,55?,56+/m1/s1. The minimum atomic E-state index is -1.46. The molecule has 0 radical (unpaired) electrons. The van der Waals surface area contributed by atoms with Crippen LogP contribution in [-0.4, -0.2) is 80.8 Å². The van der Waals surface area contributed by atoms with Gasteiger partial charge in [-0.3, -0.25) is 19.2 Å². The van der Waals surface area contributed by atoms with Crippen molar-refractivity contribution in [1.29, 1.82) is 0 Å². The number of carbonyl (C=O) groups is 4. The van der Waals surface area contributed by atoms with Gasteiger partial charge in [0.15, 0.2) is 0 Å². The molecule has 0 aliphatic rings. The number of aliphatic hydroxyl groups excluding tert-OH is 2. The Labute approximate surface area is 442 Å². The van der Waals surface area contributed by atoms with Crippen LogP contribution in [0, 0.1) is 0 Å². The molecule has 0 saturated carbocycles. The number of allylic oxidation sites excluding steroid dienone is 1. The third kappa shape index (κ3) is 14.3. The SMILES string of the molecule is CC(NC(=O)CC(O)C=CCCSC(c1ccccc1)(c1ccccc1)c1ccccc1)C(=O)NC(CSC(c1ccccc1)(c1ccccc1)c1ccccc1)C(=O)N[C@H](Cc1ccccc1)[C@@H](O)CC(=O)O. The largest absolute Gasteiger partial charge is 0.481 e. The van der Waals surface area contributed by atoms with Gasteiger partial charge in [0.05, 0.1) is 40.6 Å². The normalized spacial score (nSPS) is 13.7. The molecule has 74 heavy (non-hydrogen) atoms. The fraction of sp³-hybridized carbons (Fsp3) is 0.226. The van der Waals surface area contributed by atoms with E-state index in [2.05, 4.69) is 52.3 Å². The predicted molar refractivity (Wildman–Crippen MR) is 298 cm³/mol. The van der Waals surface area contributed by atoms with Crippen LogP contribution in [0.4, 0.5) is 0 Å². The summed E-state index contributed by atoms with van der Waals surface area (Å²) < 4.78 is -1.37. The molecule has 0 aromatic heterocycles. The molecule has 3 amide bonds. The average Bonchev–Trinajstić information content (AvgIpc) is 3.43. The van der Waals surface area contributed by atoms with Gasteiger partial charge in [-0.05, 0) is 64.5 Å². The second-order valence-electron chi connectivity index (χ2n) is 18.0. The van der Waals surface area contributed by atoms with Gasteiger partial charge < -0.3 is 31.3 Å². The number of hydrogen-bond donors (Lipinski definition) is 6. The number of carboxylic acids is 1. The highest BCUT2D eigenvalue weighted by Gasteiger charge is 2.40. The molecule has 12 heteroatoms. The summed E-state index contributed by atoms with van der Waals surface area (Å²) >= 11 is 3.24. The number of thioether (sulfide) groups is 2. The highest BCUT2D eigenvalue weighted by molar-refractivity contribution is 8.00. The number of amides is 3. The first-order chi connectivity index (χ1) is 36.0. The Morgan fingerprint density at radius 3 is 1.31 bits per heavy atom. The van der Waals surface area contributed by atoms with Crippen molar-refractivity contribution in [2.24, 2.45) is 0 Å². The zero-order valence-corrected chi connectivity index (χ0v) is 42.9. The number of carbonyl (C=O) groups excluding carboxylic acids is 3. The Bertz CT molecular complexity index is 2670. The quantitative estimate of drug-likeness (QED) is 0.0176. The Balaban J connectivity index is 1.06. The molecule has 0 spiro atoms. The van der Waals surface area contributed by atoms with Crippen molar-refractivity contribution in [3.05, 3.63) is 263 Å². The minimum Gasteiger partial charge on any atom is -0.481 e. The van der Waals surface area contributed by atoms with Gasteiger partial charge in [0.2, 0.25) is 17.7 Å². The van der Waals surface area contributed by atoms with Crippen LogP contribution >= 0.6 is 23.5 Å². The second kappa shape index (κ2) is 27.2. The third-order valence-electron chi connectivity index (χ3n) is 12.8. The number of hydrogen-bond acceptors (Lipinski definition) is 8. The van der Waals surface area contributed by atoms with Crippen LogP contribution in [0.5, 0.6) is 0 Å². The molecule has 0 saturated heterocycles. The summed E-state index contributed by atoms with van der Waals surface area (Å²) in [6.45, 7) is 1.50. The third-order valence-corrected chi connectivity index (χ3v) is 16.0. The van der Waals surface area contributed by atoms with E-state index >= 15 is 0 Å². The van der Waals surface area contributed by atoms with Crippen LogP contribution in [0.2, 0.25) is 0 Å². The number of nitrogens with one attached hydrogen (secondary N) is 3. The predicted octanol–water partition coefficient (Wildman–Crippen LogP) is 9.69. The number of carboxylic acid groups (broad SMARTS) is 1. The summed E-state index contributed by atoms with van der Waals surface area (Å²) in [7, 11) is 0. The van der Waals surface area contributed by atoms with Crippen molar-refractivity contribution < 1.29 is 34.5 Å². The van der Waals surface area contributed by atoms with Crippen LogP contribution in [0.15, 0.2) is 224 Å². The monoisotopic (exact) mass is 1030 g/mol.